The fourth-order valence-corrected chi connectivity index (χ4v) is 5.51. The molecule has 0 unspecified atom stereocenters. The van der Waals surface area contributed by atoms with Crippen LogP contribution < -0.4 is 4.74 Å². The summed E-state index contributed by atoms with van der Waals surface area (Å²) in [6, 6.07) is 8.05. The molecule has 2 atom stereocenters. The molecule has 3 amide bonds. The van der Waals surface area contributed by atoms with E-state index in [1.54, 1.807) is 11.8 Å². The first-order valence-electron chi connectivity index (χ1n) is 12.6. The third kappa shape index (κ3) is 6.09. The maximum atomic E-state index is 13.1. The van der Waals surface area contributed by atoms with Gasteiger partial charge in [-0.2, -0.15) is 0 Å². The molecule has 2 saturated heterocycles. The molecule has 1 aromatic carbocycles. The Kier molecular flexibility index (Phi) is 8.08. The number of piperazine rings is 1. The van der Waals surface area contributed by atoms with E-state index < -0.39 is 0 Å². The first-order valence-corrected chi connectivity index (χ1v) is 12.6. The predicted octanol–water partition coefficient (Wildman–Crippen LogP) is 1.84. The third-order valence-electron chi connectivity index (χ3n) is 7.55. The fraction of sp³-hybridized carbons (Fsp3) is 0.654. The molecule has 0 spiro atoms. The van der Waals surface area contributed by atoms with Gasteiger partial charge in [0.15, 0.2) is 0 Å². The number of piperidine rings is 1. The van der Waals surface area contributed by atoms with Crippen LogP contribution in [0, 0.1) is 11.8 Å². The number of benzene rings is 1. The summed E-state index contributed by atoms with van der Waals surface area (Å²) in [5.41, 5.74) is 1.10. The lowest BCUT2D eigenvalue weighted by Gasteiger charge is -2.40. The van der Waals surface area contributed by atoms with E-state index in [9.17, 15) is 14.4 Å². The van der Waals surface area contributed by atoms with Gasteiger partial charge in [-0.05, 0) is 44.2 Å². The highest BCUT2D eigenvalue weighted by Gasteiger charge is 2.34. The van der Waals surface area contributed by atoms with Crippen LogP contribution in [0.25, 0.3) is 0 Å². The largest absolute Gasteiger partial charge is 0.493 e. The fourth-order valence-electron chi connectivity index (χ4n) is 5.51. The van der Waals surface area contributed by atoms with Gasteiger partial charge in [-0.15, -0.1) is 0 Å². The number of hydrogen-bond donors (Lipinski definition) is 0. The number of nitrogens with zero attached hydrogens (tertiary/aromatic N) is 4. The monoisotopic (exact) mass is 470 g/mol. The molecule has 8 heteroatoms. The Morgan fingerprint density at radius 3 is 2.50 bits per heavy atom. The summed E-state index contributed by atoms with van der Waals surface area (Å²) in [5, 5.41) is 0. The molecular formula is C26H38N4O4. The average Bonchev–Trinajstić information content (AvgIpc) is 2.83. The number of fused-ring (bicyclic) bond motifs is 3. The van der Waals surface area contributed by atoms with Gasteiger partial charge in [0.1, 0.15) is 5.75 Å². The molecule has 0 saturated carbocycles. The summed E-state index contributed by atoms with van der Waals surface area (Å²) in [5.74, 6) is 1.88. The third-order valence-corrected chi connectivity index (χ3v) is 7.55. The van der Waals surface area contributed by atoms with E-state index in [0.29, 0.717) is 64.8 Å². The number of para-hydroxylation sites is 1. The first-order chi connectivity index (χ1) is 16.4. The van der Waals surface area contributed by atoms with Gasteiger partial charge in [0.25, 0.3) is 0 Å². The normalized spacial score (nSPS) is 24.9. The van der Waals surface area contributed by atoms with Crippen molar-refractivity contribution in [3.63, 3.8) is 0 Å². The van der Waals surface area contributed by atoms with Gasteiger partial charge in [-0.1, -0.05) is 18.2 Å². The zero-order valence-electron chi connectivity index (χ0n) is 20.6. The Labute approximate surface area is 202 Å². The van der Waals surface area contributed by atoms with Crippen LogP contribution in [0.1, 0.15) is 38.2 Å². The molecule has 0 aliphatic carbocycles. The zero-order chi connectivity index (χ0) is 24.1. The van der Waals surface area contributed by atoms with Crippen molar-refractivity contribution in [1.82, 2.24) is 19.6 Å². The van der Waals surface area contributed by atoms with Crippen molar-refractivity contribution in [3.8, 4) is 5.75 Å². The molecule has 3 aliphatic rings. The molecule has 1 aromatic rings. The average molecular weight is 471 g/mol. The molecule has 2 bridgehead atoms. The number of carbonyl (C=O) groups excluding carboxylic acids is 3. The second-order valence-electron chi connectivity index (χ2n) is 10.0. The Morgan fingerprint density at radius 1 is 1.00 bits per heavy atom. The number of ether oxygens (including phenoxy) is 1. The quantitative estimate of drug-likeness (QED) is 0.660. The highest BCUT2D eigenvalue weighted by Crippen LogP contribution is 2.32. The van der Waals surface area contributed by atoms with Crippen LogP contribution >= 0.6 is 0 Å². The van der Waals surface area contributed by atoms with Gasteiger partial charge in [-0.3, -0.25) is 19.3 Å². The Bertz CT molecular complexity index is 883. The molecule has 186 valence electrons. The van der Waals surface area contributed by atoms with Crippen LogP contribution in [0.2, 0.25) is 0 Å². The van der Waals surface area contributed by atoms with Crippen molar-refractivity contribution in [3.05, 3.63) is 29.8 Å². The molecular weight excluding hydrogens is 432 g/mol. The standard InChI is InChI=1S/C26H38N4O4/c1-20(31)28-11-13-29(14-12-28)25(32)16-21-9-10-30-18-22(21)7-5-15-34-24-8-4-3-6-23(24)17-27(2)19-26(30)33/h3-4,6,8,21-22H,5,7,9-19H2,1-2H3/t21-,22-/m0/s1. The highest BCUT2D eigenvalue weighted by molar-refractivity contribution is 5.79. The lowest BCUT2D eigenvalue weighted by molar-refractivity contribution is -0.140. The van der Waals surface area contributed by atoms with Crippen molar-refractivity contribution in [2.45, 2.75) is 39.2 Å². The van der Waals surface area contributed by atoms with Gasteiger partial charge in [-0.25, -0.2) is 0 Å². The summed E-state index contributed by atoms with van der Waals surface area (Å²) in [6.07, 6.45) is 3.23. The van der Waals surface area contributed by atoms with E-state index in [1.807, 2.05) is 39.9 Å². The Morgan fingerprint density at radius 2 is 1.74 bits per heavy atom. The minimum absolute atomic E-state index is 0.0728. The molecule has 0 N–H and O–H groups in total. The Balaban J connectivity index is 1.40. The van der Waals surface area contributed by atoms with E-state index in [4.69, 9.17) is 4.74 Å². The van der Waals surface area contributed by atoms with Crippen molar-refractivity contribution < 1.29 is 19.1 Å². The second-order valence-corrected chi connectivity index (χ2v) is 10.0. The van der Waals surface area contributed by atoms with Gasteiger partial charge in [0, 0.05) is 64.7 Å². The molecule has 3 heterocycles. The minimum Gasteiger partial charge on any atom is -0.493 e. The van der Waals surface area contributed by atoms with Crippen LogP contribution in [0.4, 0.5) is 0 Å². The number of hydrogen-bond acceptors (Lipinski definition) is 5. The molecule has 34 heavy (non-hydrogen) atoms. The number of amides is 3. The van der Waals surface area contributed by atoms with Gasteiger partial charge >= 0.3 is 0 Å². The van der Waals surface area contributed by atoms with Gasteiger partial charge in [0.05, 0.1) is 13.2 Å². The Hall–Kier alpha value is -2.61. The summed E-state index contributed by atoms with van der Waals surface area (Å²) >= 11 is 0. The van der Waals surface area contributed by atoms with Crippen LogP contribution in [0.3, 0.4) is 0 Å². The molecule has 3 aliphatic heterocycles. The number of likely N-dealkylation sites (N-methyl/N-ethyl adjacent to an activating group) is 1. The van der Waals surface area contributed by atoms with E-state index in [2.05, 4.69) is 6.07 Å². The zero-order valence-corrected chi connectivity index (χ0v) is 20.6. The summed E-state index contributed by atoms with van der Waals surface area (Å²) in [4.78, 5) is 45.5. The molecule has 8 nitrogen and oxygen atoms in total. The van der Waals surface area contributed by atoms with Crippen LogP contribution in [0.5, 0.6) is 5.75 Å². The predicted molar refractivity (Wildman–Crippen MR) is 129 cm³/mol. The van der Waals surface area contributed by atoms with E-state index >= 15 is 0 Å². The van der Waals surface area contributed by atoms with Crippen molar-refractivity contribution in [2.24, 2.45) is 11.8 Å². The van der Waals surface area contributed by atoms with E-state index in [-0.39, 0.29) is 23.6 Å². The topological polar surface area (TPSA) is 73.4 Å². The maximum absolute atomic E-state index is 13.1. The van der Waals surface area contributed by atoms with Gasteiger partial charge in [0.2, 0.25) is 17.7 Å². The second kappa shape index (κ2) is 11.2. The highest BCUT2D eigenvalue weighted by atomic mass is 16.5. The SMILES string of the molecule is CC(=O)N1CCN(C(=O)C[C@@H]2CCN3C[C@@H]2CCCOc2ccccc2CN(C)CC3=O)CC1. The lowest BCUT2D eigenvalue weighted by Crippen LogP contribution is -2.51. The maximum Gasteiger partial charge on any atom is 0.236 e. The summed E-state index contributed by atoms with van der Waals surface area (Å²) in [6.45, 7) is 7.16. The number of rotatable bonds is 2. The van der Waals surface area contributed by atoms with Gasteiger partial charge < -0.3 is 19.4 Å². The summed E-state index contributed by atoms with van der Waals surface area (Å²) in [7, 11) is 1.98. The summed E-state index contributed by atoms with van der Waals surface area (Å²) < 4.78 is 6.12. The van der Waals surface area contributed by atoms with Crippen LogP contribution in [0.15, 0.2) is 24.3 Å². The first kappa shape index (κ1) is 24.5. The smallest absolute Gasteiger partial charge is 0.236 e. The van der Waals surface area contributed by atoms with Crippen LogP contribution in [-0.4, -0.2) is 96.8 Å². The van der Waals surface area contributed by atoms with Crippen LogP contribution in [-0.2, 0) is 20.9 Å². The molecule has 2 fully saturated rings. The molecule has 0 aromatic heterocycles. The molecule has 4 rings (SSSR count). The van der Waals surface area contributed by atoms with Crippen molar-refractivity contribution in [2.75, 3.05) is 59.5 Å². The van der Waals surface area contributed by atoms with E-state index in [1.165, 1.54) is 0 Å². The van der Waals surface area contributed by atoms with Crippen molar-refractivity contribution in [1.29, 1.82) is 0 Å². The lowest BCUT2D eigenvalue weighted by atomic mass is 9.80. The number of carbonyl (C=O) groups is 3. The molecule has 0 radical (unpaired) electrons. The van der Waals surface area contributed by atoms with Crippen molar-refractivity contribution >= 4 is 17.7 Å². The van der Waals surface area contributed by atoms with E-state index in [0.717, 1.165) is 37.1 Å². The minimum atomic E-state index is 0.0728.